The molecule has 0 atom stereocenters. The van der Waals surface area contributed by atoms with E-state index >= 15 is 0 Å². The highest BCUT2D eigenvalue weighted by Crippen LogP contribution is 2.27. The van der Waals surface area contributed by atoms with E-state index in [1.54, 1.807) is 0 Å². The Hall–Kier alpha value is -0.570. The van der Waals surface area contributed by atoms with Crippen LogP contribution in [0.2, 0.25) is 0 Å². The Morgan fingerprint density at radius 3 is 2.14 bits per heavy atom. The Bertz CT molecular complexity index is 193. The monoisotopic (exact) mass is 198 g/mol. The van der Waals surface area contributed by atoms with Crippen molar-refractivity contribution < 1.29 is 4.79 Å². The molecule has 2 N–H and O–H groups in total. The van der Waals surface area contributed by atoms with Crippen molar-refractivity contribution in [3.63, 3.8) is 0 Å². The van der Waals surface area contributed by atoms with Gasteiger partial charge in [-0.2, -0.15) is 0 Å². The lowest BCUT2D eigenvalue weighted by Gasteiger charge is -2.36. The standard InChI is InChI=1S/C11H22N2O/c1-3-13(4-2)10(14)11(12)8-6-5-7-9-11/h3-9,12H2,1-2H3. The summed E-state index contributed by atoms with van der Waals surface area (Å²) in [6.45, 7) is 5.56. The van der Waals surface area contributed by atoms with E-state index in [2.05, 4.69) is 0 Å². The van der Waals surface area contributed by atoms with E-state index in [9.17, 15) is 4.79 Å². The van der Waals surface area contributed by atoms with Crippen molar-refractivity contribution in [3.05, 3.63) is 0 Å². The molecular weight excluding hydrogens is 176 g/mol. The van der Waals surface area contributed by atoms with Crippen LogP contribution in [-0.4, -0.2) is 29.4 Å². The van der Waals surface area contributed by atoms with Gasteiger partial charge in [-0.1, -0.05) is 19.3 Å². The fraction of sp³-hybridized carbons (Fsp3) is 0.909. The normalized spacial score (nSPS) is 20.5. The molecule has 0 spiro atoms. The van der Waals surface area contributed by atoms with Crippen molar-refractivity contribution >= 4 is 5.91 Å². The fourth-order valence-electron chi connectivity index (χ4n) is 2.22. The second-order valence-corrected chi connectivity index (χ2v) is 4.19. The van der Waals surface area contributed by atoms with E-state index in [-0.39, 0.29) is 5.91 Å². The maximum absolute atomic E-state index is 12.1. The lowest BCUT2D eigenvalue weighted by atomic mass is 9.81. The van der Waals surface area contributed by atoms with Crippen LogP contribution in [-0.2, 0) is 4.79 Å². The Labute approximate surface area is 86.6 Å². The number of hydrogen-bond donors (Lipinski definition) is 1. The summed E-state index contributed by atoms with van der Waals surface area (Å²) in [5, 5.41) is 0. The molecule has 1 amide bonds. The molecule has 0 radical (unpaired) electrons. The molecule has 14 heavy (non-hydrogen) atoms. The topological polar surface area (TPSA) is 46.3 Å². The first-order chi connectivity index (χ1) is 6.64. The quantitative estimate of drug-likeness (QED) is 0.747. The molecule has 3 heteroatoms. The second-order valence-electron chi connectivity index (χ2n) is 4.19. The third kappa shape index (κ3) is 2.27. The molecule has 0 aromatic carbocycles. The van der Waals surface area contributed by atoms with Gasteiger partial charge in [0.25, 0.3) is 0 Å². The van der Waals surface area contributed by atoms with Crippen LogP contribution in [0.4, 0.5) is 0 Å². The predicted molar refractivity (Wildman–Crippen MR) is 57.9 cm³/mol. The van der Waals surface area contributed by atoms with Gasteiger partial charge in [-0.3, -0.25) is 4.79 Å². The molecule has 1 aliphatic carbocycles. The molecule has 0 heterocycles. The first-order valence-electron chi connectivity index (χ1n) is 5.72. The average Bonchev–Trinajstić information content (AvgIpc) is 2.20. The lowest BCUT2D eigenvalue weighted by Crippen LogP contribution is -2.56. The largest absolute Gasteiger partial charge is 0.342 e. The molecule has 0 aromatic rings. The van der Waals surface area contributed by atoms with E-state index in [4.69, 9.17) is 5.73 Å². The van der Waals surface area contributed by atoms with Gasteiger partial charge in [0.2, 0.25) is 5.91 Å². The van der Waals surface area contributed by atoms with Gasteiger partial charge in [0, 0.05) is 13.1 Å². The minimum absolute atomic E-state index is 0.155. The highest BCUT2D eigenvalue weighted by molar-refractivity contribution is 5.86. The molecule has 1 rings (SSSR count). The van der Waals surface area contributed by atoms with Crippen LogP contribution in [0.25, 0.3) is 0 Å². The Kier molecular flexibility index (Phi) is 3.93. The molecule has 3 nitrogen and oxygen atoms in total. The number of likely N-dealkylation sites (N-methyl/N-ethyl adjacent to an activating group) is 1. The van der Waals surface area contributed by atoms with E-state index < -0.39 is 5.54 Å². The lowest BCUT2D eigenvalue weighted by molar-refractivity contribution is -0.137. The first-order valence-corrected chi connectivity index (χ1v) is 5.72. The van der Waals surface area contributed by atoms with E-state index in [1.165, 1.54) is 6.42 Å². The molecule has 0 saturated heterocycles. The van der Waals surface area contributed by atoms with Gasteiger partial charge in [0.15, 0.2) is 0 Å². The number of hydrogen-bond acceptors (Lipinski definition) is 2. The molecule has 1 fully saturated rings. The smallest absolute Gasteiger partial charge is 0.242 e. The number of carbonyl (C=O) groups is 1. The number of carbonyl (C=O) groups excluding carboxylic acids is 1. The highest BCUT2D eigenvalue weighted by atomic mass is 16.2. The van der Waals surface area contributed by atoms with Gasteiger partial charge in [-0.05, 0) is 26.7 Å². The Morgan fingerprint density at radius 2 is 1.71 bits per heavy atom. The van der Waals surface area contributed by atoms with Gasteiger partial charge in [-0.25, -0.2) is 0 Å². The summed E-state index contributed by atoms with van der Waals surface area (Å²) in [6, 6.07) is 0. The van der Waals surface area contributed by atoms with Crippen LogP contribution in [0.1, 0.15) is 46.0 Å². The van der Waals surface area contributed by atoms with Crippen molar-refractivity contribution in [3.8, 4) is 0 Å². The molecule has 82 valence electrons. The summed E-state index contributed by atoms with van der Waals surface area (Å²) in [4.78, 5) is 13.9. The Morgan fingerprint density at radius 1 is 1.21 bits per heavy atom. The van der Waals surface area contributed by atoms with Crippen molar-refractivity contribution in [2.45, 2.75) is 51.5 Å². The predicted octanol–water partition coefficient (Wildman–Crippen LogP) is 1.52. The maximum atomic E-state index is 12.1. The van der Waals surface area contributed by atoms with Crippen LogP contribution in [0.3, 0.4) is 0 Å². The SMILES string of the molecule is CCN(CC)C(=O)C1(N)CCCCC1. The summed E-state index contributed by atoms with van der Waals surface area (Å²) < 4.78 is 0. The zero-order chi connectivity index (χ0) is 10.6. The summed E-state index contributed by atoms with van der Waals surface area (Å²) in [6.07, 6.45) is 5.15. The molecule has 1 aliphatic rings. The summed E-state index contributed by atoms with van der Waals surface area (Å²) in [5.74, 6) is 0.155. The first kappa shape index (κ1) is 11.5. The fourth-order valence-corrected chi connectivity index (χ4v) is 2.22. The van der Waals surface area contributed by atoms with Crippen molar-refractivity contribution in [1.29, 1.82) is 0 Å². The van der Waals surface area contributed by atoms with Crippen LogP contribution in [0.5, 0.6) is 0 Å². The molecule has 0 aromatic heterocycles. The molecular formula is C11H22N2O. The maximum Gasteiger partial charge on any atom is 0.242 e. The minimum Gasteiger partial charge on any atom is -0.342 e. The van der Waals surface area contributed by atoms with Crippen LogP contribution >= 0.6 is 0 Å². The van der Waals surface area contributed by atoms with Crippen molar-refractivity contribution in [2.75, 3.05) is 13.1 Å². The van der Waals surface area contributed by atoms with Crippen LogP contribution < -0.4 is 5.73 Å². The molecule has 1 saturated carbocycles. The third-order valence-electron chi connectivity index (χ3n) is 3.22. The number of amides is 1. The second kappa shape index (κ2) is 4.78. The minimum atomic E-state index is -0.551. The number of nitrogens with two attached hydrogens (primary N) is 1. The van der Waals surface area contributed by atoms with Crippen LogP contribution in [0, 0.1) is 0 Å². The Balaban J connectivity index is 2.64. The number of rotatable bonds is 3. The van der Waals surface area contributed by atoms with Gasteiger partial charge in [0.05, 0.1) is 5.54 Å². The van der Waals surface area contributed by atoms with Crippen LogP contribution in [0.15, 0.2) is 0 Å². The zero-order valence-electron chi connectivity index (χ0n) is 9.38. The van der Waals surface area contributed by atoms with E-state index in [0.29, 0.717) is 0 Å². The average molecular weight is 198 g/mol. The number of nitrogens with zero attached hydrogens (tertiary/aromatic N) is 1. The highest BCUT2D eigenvalue weighted by Gasteiger charge is 2.37. The summed E-state index contributed by atoms with van der Waals surface area (Å²) in [5.41, 5.74) is 5.61. The molecule has 0 bridgehead atoms. The van der Waals surface area contributed by atoms with Gasteiger partial charge in [-0.15, -0.1) is 0 Å². The van der Waals surface area contributed by atoms with E-state index in [1.807, 2.05) is 18.7 Å². The zero-order valence-corrected chi connectivity index (χ0v) is 9.38. The molecule has 0 unspecified atom stereocenters. The van der Waals surface area contributed by atoms with Crippen molar-refractivity contribution in [2.24, 2.45) is 5.73 Å². The third-order valence-corrected chi connectivity index (χ3v) is 3.22. The van der Waals surface area contributed by atoms with Gasteiger partial charge < -0.3 is 10.6 Å². The summed E-state index contributed by atoms with van der Waals surface area (Å²) in [7, 11) is 0. The summed E-state index contributed by atoms with van der Waals surface area (Å²) >= 11 is 0. The molecule has 0 aliphatic heterocycles. The van der Waals surface area contributed by atoms with Gasteiger partial charge >= 0.3 is 0 Å². The van der Waals surface area contributed by atoms with Crippen molar-refractivity contribution in [1.82, 2.24) is 4.90 Å². The van der Waals surface area contributed by atoms with Gasteiger partial charge in [0.1, 0.15) is 0 Å². The van der Waals surface area contributed by atoms with E-state index in [0.717, 1.165) is 38.8 Å².